The highest BCUT2D eigenvalue weighted by atomic mass is 32.1. The molecule has 2 aromatic rings. The lowest BCUT2D eigenvalue weighted by molar-refractivity contribution is 0.0994. The van der Waals surface area contributed by atoms with Gasteiger partial charge in [0.15, 0.2) is 5.78 Å². The number of hydrogen-bond donors (Lipinski definition) is 0. The first-order valence-corrected chi connectivity index (χ1v) is 7.17. The van der Waals surface area contributed by atoms with Gasteiger partial charge in [0.2, 0.25) is 0 Å². The summed E-state index contributed by atoms with van der Waals surface area (Å²) in [4.78, 5) is 17.4. The highest BCUT2D eigenvalue weighted by Gasteiger charge is 2.22. The fraction of sp³-hybridized carbons (Fsp3) is 0.333. The molecule has 0 aliphatic heterocycles. The second-order valence-corrected chi connectivity index (χ2v) is 6.03. The number of rotatable bonds is 3. The molecule has 4 heteroatoms. The number of carbonyl (C=O) groups is 1. The quantitative estimate of drug-likeness (QED) is 0.859. The summed E-state index contributed by atoms with van der Waals surface area (Å²) in [5, 5.41) is 0.983. The van der Waals surface area contributed by atoms with Crippen molar-refractivity contribution in [2.45, 2.75) is 33.3 Å². The summed E-state index contributed by atoms with van der Waals surface area (Å²) in [5.74, 6) is 1.05. The molecule has 0 bridgehead atoms. The molecule has 1 aromatic carbocycles. The van der Waals surface area contributed by atoms with E-state index in [1.54, 1.807) is 11.3 Å². The third-order valence-corrected chi connectivity index (χ3v) is 4.51. The van der Waals surface area contributed by atoms with Crippen molar-refractivity contribution in [3.8, 4) is 5.75 Å². The lowest BCUT2D eigenvalue weighted by Gasteiger charge is -2.08. The summed E-state index contributed by atoms with van der Waals surface area (Å²) in [6.45, 7) is 4.55. The van der Waals surface area contributed by atoms with Gasteiger partial charge in [0.05, 0.1) is 5.69 Å². The molecule has 1 heterocycles. The standard InChI is InChI=1S/C15H15NO2S/c1-9-10(2)19-15(16-9)8-18-14-5-3-4-11-12(14)6-7-13(11)17/h3-5H,6-8H2,1-2H3. The number of thiazole rings is 1. The number of nitrogens with zero attached hydrogens (tertiary/aromatic N) is 1. The van der Waals surface area contributed by atoms with E-state index in [1.165, 1.54) is 4.88 Å². The molecule has 0 spiro atoms. The third-order valence-electron chi connectivity index (χ3n) is 3.46. The molecule has 19 heavy (non-hydrogen) atoms. The van der Waals surface area contributed by atoms with Gasteiger partial charge in [0.1, 0.15) is 17.4 Å². The van der Waals surface area contributed by atoms with Crippen LogP contribution in [-0.4, -0.2) is 10.8 Å². The first-order valence-electron chi connectivity index (χ1n) is 6.36. The minimum Gasteiger partial charge on any atom is -0.486 e. The van der Waals surface area contributed by atoms with Crippen molar-refractivity contribution in [1.82, 2.24) is 4.98 Å². The van der Waals surface area contributed by atoms with Gasteiger partial charge in [0, 0.05) is 22.4 Å². The topological polar surface area (TPSA) is 39.2 Å². The van der Waals surface area contributed by atoms with E-state index in [1.807, 2.05) is 25.1 Å². The average molecular weight is 273 g/mol. The first kappa shape index (κ1) is 12.4. The van der Waals surface area contributed by atoms with E-state index < -0.39 is 0 Å². The first-order chi connectivity index (χ1) is 9.15. The molecular weight excluding hydrogens is 258 g/mol. The molecule has 98 valence electrons. The monoisotopic (exact) mass is 273 g/mol. The highest BCUT2D eigenvalue weighted by Crippen LogP contribution is 2.31. The van der Waals surface area contributed by atoms with Gasteiger partial charge in [0.25, 0.3) is 0 Å². The second kappa shape index (κ2) is 4.78. The number of aromatic nitrogens is 1. The van der Waals surface area contributed by atoms with Crippen molar-refractivity contribution in [2.75, 3.05) is 0 Å². The summed E-state index contributed by atoms with van der Waals surface area (Å²) in [6, 6.07) is 5.70. The molecule has 3 rings (SSSR count). The van der Waals surface area contributed by atoms with Crippen LogP contribution in [-0.2, 0) is 13.0 Å². The van der Waals surface area contributed by atoms with Crippen LogP contribution in [0.5, 0.6) is 5.75 Å². The molecular formula is C15H15NO2S. The summed E-state index contributed by atoms with van der Waals surface area (Å²) in [7, 11) is 0. The summed E-state index contributed by atoms with van der Waals surface area (Å²) in [6.07, 6.45) is 1.39. The van der Waals surface area contributed by atoms with E-state index in [4.69, 9.17) is 4.74 Å². The molecule has 1 aromatic heterocycles. The number of ether oxygens (including phenoxy) is 1. The highest BCUT2D eigenvalue weighted by molar-refractivity contribution is 7.11. The minimum absolute atomic E-state index is 0.224. The van der Waals surface area contributed by atoms with Gasteiger partial charge >= 0.3 is 0 Å². The van der Waals surface area contributed by atoms with Gasteiger partial charge in [-0.2, -0.15) is 0 Å². The number of carbonyl (C=O) groups excluding carboxylic acids is 1. The number of aryl methyl sites for hydroxylation is 2. The summed E-state index contributed by atoms with van der Waals surface area (Å²) >= 11 is 1.66. The van der Waals surface area contributed by atoms with E-state index in [9.17, 15) is 4.79 Å². The fourth-order valence-corrected chi connectivity index (χ4v) is 3.18. The smallest absolute Gasteiger partial charge is 0.163 e. The average Bonchev–Trinajstić information content (AvgIpc) is 2.92. The predicted molar refractivity (Wildman–Crippen MR) is 75.0 cm³/mol. The molecule has 3 nitrogen and oxygen atoms in total. The van der Waals surface area contributed by atoms with Crippen molar-refractivity contribution in [3.05, 3.63) is 44.9 Å². The van der Waals surface area contributed by atoms with E-state index in [0.717, 1.165) is 34.0 Å². The number of Topliss-reactive ketones (excluding diaryl/α,β-unsaturated/α-hetero) is 1. The zero-order valence-corrected chi connectivity index (χ0v) is 11.8. The molecule has 0 saturated heterocycles. The van der Waals surface area contributed by atoms with Crippen LogP contribution < -0.4 is 4.74 Å². The van der Waals surface area contributed by atoms with Crippen LogP contribution >= 0.6 is 11.3 Å². The van der Waals surface area contributed by atoms with Gasteiger partial charge in [-0.3, -0.25) is 4.79 Å². The third kappa shape index (κ3) is 2.28. The van der Waals surface area contributed by atoms with Crippen LogP contribution in [0.1, 0.15) is 37.9 Å². The van der Waals surface area contributed by atoms with Gasteiger partial charge in [-0.1, -0.05) is 12.1 Å². The Bertz CT molecular complexity index is 626. The van der Waals surface area contributed by atoms with E-state index in [-0.39, 0.29) is 5.78 Å². The zero-order chi connectivity index (χ0) is 13.4. The fourth-order valence-electron chi connectivity index (χ4n) is 2.33. The van der Waals surface area contributed by atoms with Crippen LogP contribution in [0.25, 0.3) is 0 Å². The van der Waals surface area contributed by atoms with Crippen molar-refractivity contribution in [2.24, 2.45) is 0 Å². The maximum absolute atomic E-state index is 11.7. The van der Waals surface area contributed by atoms with Gasteiger partial charge in [-0.15, -0.1) is 11.3 Å². The van der Waals surface area contributed by atoms with Crippen molar-refractivity contribution in [1.29, 1.82) is 0 Å². The van der Waals surface area contributed by atoms with Crippen molar-refractivity contribution >= 4 is 17.1 Å². The molecule has 0 unspecified atom stereocenters. The second-order valence-electron chi connectivity index (χ2n) is 4.74. The summed E-state index contributed by atoms with van der Waals surface area (Å²) in [5.41, 5.74) is 2.94. The predicted octanol–water partition coefficient (Wildman–Crippen LogP) is 3.47. The normalized spacial score (nSPS) is 13.7. The Labute approximate surface area is 116 Å². The van der Waals surface area contributed by atoms with Gasteiger partial charge in [-0.05, 0) is 26.3 Å². The van der Waals surface area contributed by atoms with Crippen LogP contribution in [0.4, 0.5) is 0 Å². The molecule has 1 aliphatic rings. The van der Waals surface area contributed by atoms with Gasteiger partial charge in [-0.25, -0.2) is 4.98 Å². The van der Waals surface area contributed by atoms with E-state index in [2.05, 4.69) is 11.9 Å². The Hall–Kier alpha value is -1.68. The largest absolute Gasteiger partial charge is 0.486 e. The Morgan fingerprint density at radius 2 is 2.16 bits per heavy atom. The van der Waals surface area contributed by atoms with E-state index >= 15 is 0 Å². The zero-order valence-electron chi connectivity index (χ0n) is 11.0. The van der Waals surface area contributed by atoms with Crippen LogP contribution in [0.3, 0.4) is 0 Å². The minimum atomic E-state index is 0.224. The molecule has 0 radical (unpaired) electrons. The molecule has 1 aliphatic carbocycles. The number of benzene rings is 1. The molecule has 0 saturated carbocycles. The molecule has 0 N–H and O–H groups in total. The number of ketones is 1. The molecule has 0 amide bonds. The lowest BCUT2D eigenvalue weighted by Crippen LogP contribution is -1.98. The Kier molecular flexibility index (Phi) is 3.11. The van der Waals surface area contributed by atoms with Crippen molar-refractivity contribution in [3.63, 3.8) is 0 Å². The van der Waals surface area contributed by atoms with Crippen LogP contribution in [0.15, 0.2) is 18.2 Å². The summed E-state index contributed by atoms with van der Waals surface area (Å²) < 4.78 is 5.85. The number of fused-ring (bicyclic) bond motifs is 1. The lowest BCUT2D eigenvalue weighted by atomic mass is 10.1. The van der Waals surface area contributed by atoms with Crippen LogP contribution in [0, 0.1) is 13.8 Å². The van der Waals surface area contributed by atoms with Crippen molar-refractivity contribution < 1.29 is 9.53 Å². The van der Waals surface area contributed by atoms with Crippen LogP contribution in [0.2, 0.25) is 0 Å². The Morgan fingerprint density at radius 1 is 1.32 bits per heavy atom. The van der Waals surface area contributed by atoms with E-state index in [0.29, 0.717) is 13.0 Å². The number of hydrogen-bond acceptors (Lipinski definition) is 4. The SMILES string of the molecule is Cc1nc(COc2cccc3c2CCC3=O)sc1C. The maximum atomic E-state index is 11.7. The molecule has 0 atom stereocenters. The maximum Gasteiger partial charge on any atom is 0.163 e. The van der Waals surface area contributed by atoms with Gasteiger partial charge < -0.3 is 4.74 Å². The Balaban J connectivity index is 1.79. The Morgan fingerprint density at radius 3 is 2.89 bits per heavy atom. The molecule has 0 fully saturated rings.